The fourth-order valence-electron chi connectivity index (χ4n) is 0. The summed E-state index contributed by atoms with van der Waals surface area (Å²) in [6.07, 6.45) is 0. The molecule has 0 amide bonds. The van der Waals surface area contributed by atoms with E-state index in [-0.39, 0.29) is 51.4 Å². The first-order chi connectivity index (χ1) is 3.00. The molecule has 8 heavy (non-hydrogen) atoms. The Kier molecular flexibility index (Phi) is 18.8. The fraction of sp³-hybridized carbons (Fsp3) is 0. The molecule has 2 N–H and O–H groups in total. The SMILES string of the molecule is O=P([O-])(O)O.O=[Se].[K+]. The maximum atomic E-state index is 8.77. The second-order valence-electron chi connectivity index (χ2n) is 0.491. The van der Waals surface area contributed by atoms with Crippen molar-refractivity contribution < 1.29 is 74.5 Å². The largest absolute Gasteiger partial charge is 1.00 e. The summed E-state index contributed by atoms with van der Waals surface area (Å²) in [5.41, 5.74) is 0. The van der Waals surface area contributed by atoms with E-state index in [1.165, 1.54) is 15.9 Å². The maximum Gasteiger partial charge on any atom is 1.00 e. The Bertz CT molecular complexity index is 68.2. The normalized spacial score (nSPS) is 7.88. The van der Waals surface area contributed by atoms with E-state index in [9.17, 15) is 0 Å². The summed E-state index contributed by atoms with van der Waals surface area (Å²) in [4.78, 5) is 22.9. The van der Waals surface area contributed by atoms with Crippen LogP contribution in [0.1, 0.15) is 0 Å². The molecule has 0 spiro atoms. The molecule has 0 aliphatic rings. The molecule has 0 bridgehead atoms. The topological polar surface area (TPSA) is 97.7 Å². The molecular weight excluding hydrogens is 229 g/mol. The Morgan fingerprint density at radius 1 is 1.38 bits per heavy atom. The quantitative estimate of drug-likeness (QED) is 0.321. The Hall–Kier alpha value is 2.07. The number of hydrogen-bond acceptors (Lipinski definition) is 3. The summed E-state index contributed by atoms with van der Waals surface area (Å²) < 4.78 is 16.9. The third-order valence-electron chi connectivity index (χ3n) is 0. The van der Waals surface area contributed by atoms with Crippen LogP contribution in [-0.4, -0.2) is 25.7 Å². The van der Waals surface area contributed by atoms with Gasteiger partial charge in [0.1, 0.15) is 0 Å². The molecule has 0 aromatic carbocycles. The van der Waals surface area contributed by atoms with Gasteiger partial charge < -0.3 is 14.7 Å². The zero-order chi connectivity index (χ0) is 6.50. The molecule has 0 aromatic rings. The first kappa shape index (κ1) is 16.6. The summed E-state index contributed by atoms with van der Waals surface area (Å²) >= 11 is 1.38. The van der Waals surface area contributed by atoms with Gasteiger partial charge in [-0.1, -0.05) is 0 Å². The summed E-state index contributed by atoms with van der Waals surface area (Å²) in [7, 11) is -4.89. The van der Waals surface area contributed by atoms with Gasteiger partial charge in [-0.25, -0.2) is 0 Å². The Balaban J connectivity index is -0.0000000750. The molecule has 0 aromatic heterocycles. The average Bonchev–Trinajstić information content (AvgIpc) is 1.36. The van der Waals surface area contributed by atoms with Crippen molar-refractivity contribution in [2.24, 2.45) is 0 Å². The molecule has 0 saturated carbocycles. The summed E-state index contributed by atoms with van der Waals surface area (Å²) in [5, 5.41) is 0. The molecule has 0 fully saturated rings. The number of rotatable bonds is 0. The van der Waals surface area contributed by atoms with Crippen LogP contribution in [0.5, 0.6) is 0 Å². The van der Waals surface area contributed by atoms with Crippen LogP contribution in [0.25, 0.3) is 0 Å². The van der Waals surface area contributed by atoms with E-state index in [0.29, 0.717) is 0 Å². The minimum absolute atomic E-state index is 0. The van der Waals surface area contributed by atoms with Gasteiger partial charge in [0.25, 0.3) is 7.82 Å². The van der Waals surface area contributed by atoms with E-state index >= 15 is 0 Å². The molecular formula is H2KO5PSe. The van der Waals surface area contributed by atoms with E-state index in [2.05, 4.69) is 0 Å². The molecule has 0 aliphatic carbocycles. The van der Waals surface area contributed by atoms with E-state index < -0.39 is 7.82 Å². The van der Waals surface area contributed by atoms with E-state index in [4.69, 9.17) is 23.1 Å². The third-order valence-corrected chi connectivity index (χ3v) is 0. The molecule has 8 heteroatoms. The Labute approximate surface area is 96.5 Å². The van der Waals surface area contributed by atoms with Gasteiger partial charge in [-0.3, -0.25) is 4.57 Å². The van der Waals surface area contributed by atoms with Crippen LogP contribution in [-0.2, 0) is 8.40 Å². The zero-order valence-corrected chi connectivity index (χ0v) is 9.71. The minimum Gasteiger partial charge on any atom is 1.00 e. The van der Waals surface area contributed by atoms with Crippen molar-refractivity contribution in [2.45, 2.75) is 0 Å². The van der Waals surface area contributed by atoms with Gasteiger partial charge >= 0.3 is 71.2 Å². The van der Waals surface area contributed by atoms with E-state index in [1.807, 2.05) is 0 Å². The molecule has 0 unspecified atom stereocenters. The number of hydrogen-bond donors (Lipinski definition) is 2. The van der Waals surface area contributed by atoms with Crippen LogP contribution in [0.15, 0.2) is 0 Å². The van der Waals surface area contributed by atoms with Gasteiger partial charge in [-0.2, -0.15) is 0 Å². The second kappa shape index (κ2) is 9.07. The van der Waals surface area contributed by atoms with Gasteiger partial charge in [0.15, 0.2) is 0 Å². The van der Waals surface area contributed by atoms with Crippen LogP contribution in [0, 0.1) is 0 Å². The molecule has 5 nitrogen and oxygen atoms in total. The first-order valence-electron chi connectivity index (χ1n) is 0.932. The summed E-state index contributed by atoms with van der Waals surface area (Å²) in [6, 6.07) is 0. The molecule has 0 rings (SSSR count). The van der Waals surface area contributed by atoms with E-state index in [1.54, 1.807) is 0 Å². The monoisotopic (exact) mass is 232 g/mol. The predicted molar refractivity (Wildman–Crippen MR) is 18.5 cm³/mol. The van der Waals surface area contributed by atoms with Gasteiger partial charge in [-0.05, 0) is 0 Å². The van der Waals surface area contributed by atoms with Crippen molar-refractivity contribution in [3.05, 3.63) is 0 Å². The van der Waals surface area contributed by atoms with Crippen LogP contribution in [0.4, 0.5) is 0 Å². The van der Waals surface area contributed by atoms with Crippen LogP contribution >= 0.6 is 7.82 Å². The third kappa shape index (κ3) is 94.4. The molecule has 44 valence electrons. The van der Waals surface area contributed by atoms with Crippen LogP contribution in [0.2, 0.25) is 0 Å². The van der Waals surface area contributed by atoms with Gasteiger partial charge in [0, 0.05) is 0 Å². The standard InChI is InChI=1S/K.H3O4P.OSe/c;1-5(2,3)4;1-2/h;(H3,1,2,3,4);/q+1;;/p-1. The first-order valence-corrected chi connectivity index (χ1v) is 3.16. The summed E-state index contributed by atoms with van der Waals surface area (Å²) in [5.74, 6) is 0. The summed E-state index contributed by atoms with van der Waals surface area (Å²) in [6.45, 7) is 0. The minimum atomic E-state index is -4.89. The van der Waals surface area contributed by atoms with Crippen molar-refractivity contribution in [2.75, 3.05) is 0 Å². The van der Waals surface area contributed by atoms with Crippen LogP contribution < -0.4 is 56.3 Å². The average molecular weight is 231 g/mol. The molecule has 0 aliphatic heterocycles. The molecule has 0 atom stereocenters. The number of phosphoric acid groups is 1. The fourth-order valence-corrected chi connectivity index (χ4v) is 0. The van der Waals surface area contributed by atoms with Crippen molar-refractivity contribution in [3.63, 3.8) is 0 Å². The smallest absolute Gasteiger partial charge is 1.00 e. The van der Waals surface area contributed by atoms with Gasteiger partial charge in [0.05, 0.1) is 0 Å². The maximum absolute atomic E-state index is 8.77. The zero-order valence-electron chi connectivity index (χ0n) is 3.97. The van der Waals surface area contributed by atoms with Crippen molar-refractivity contribution in [3.8, 4) is 0 Å². The Morgan fingerprint density at radius 3 is 1.38 bits per heavy atom. The van der Waals surface area contributed by atoms with Crippen molar-refractivity contribution in [1.29, 1.82) is 0 Å². The van der Waals surface area contributed by atoms with Gasteiger partial charge in [0.2, 0.25) is 0 Å². The molecule has 0 radical (unpaired) electrons. The Morgan fingerprint density at radius 2 is 1.38 bits per heavy atom. The van der Waals surface area contributed by atoms with E-state index in [0.717, 1.165) is 0 Å². The molecule has 0 heterocycles. The van der Waals surface area contributed by atoms with Crippen molar-refractivity contribution >= 4 is 23.8 Å². The molecule has 0 saturated heterocycles. The van der Waals surface area contributed by atoms with Gasteiger partial charge in [-0.15, -0.1) is 0 Å². The van der Waals surface area contributed by atoms with Crippen molar-refractivity contribution in [1.82, 2.24) is 0 Å². The predicted octanol–water partition coefficient (Wildman–Crippen LogP) is -5.06. The van der Waals surface area contributed by atoms with Crippen LogP contribution in [0.3, 0.4) is 0 Å². The second-order valence-corrected chi connectivity index (χ2v) is 1.47.